The lowest BCUT2D eigenvalue weighted by atomic mass is 10.1. The van der Waals surface area contributed by atoms with E-state index in [2.05, 4.69) is 25.9 Å². The third kappa shape index (κ3) is 3.76. The number of imidazole rings is 1. The molecule has 6 N–H and O–H groups in total. The SMILES string of the molecule is Cl.NC(=O)CC(c1c[nH]c(N)n1)n1cc(Br)cc1C(=O)O. The molecule has 10 heteroatoms. The Bertz CT molecular complexity index is 669. The van der Waals surface area contributed by atoms with Crippen molar-refractivity contribution in [2.24, 2.45) is 5.73 Å². The van der Waals surface area contributed by atoms with Gasteiger partial charge >= 0.3 is 5.97 Å². The largest absolute Gasteiger partial charge is 0.477 e. The number of hydrogen-bond donors (Lipinski definition) is 4. The van der Waals surface area contributed by atoms with Crippen LogP contribution in [0.3, 0.4) is 0 Å². The summed E-state index contributed by atoms with van der Waals surface area (Å²) in [5, 5.41) is 9.20. The van der Waals surface area contributed by atoms with Gasteiger partial charge in [-0.15, -0.1) is 12.4 Å². The standard InChI is InChI=1S/C11H12BrN5O3.ClH/c12-5-1-8(10(19)20)17(4-5)7(2-9(13)18)6-3-15-11(14)16-6;/h1,3-4,7H,2H2,(H2,13,18)(H,19,20)(H3,14,15,16);1H. The lowest BCUT2D eigenvalue weighted by molar-refractivity contribution is -0.118. The molecule has 0 spiro atoms. The number of nitrogen functional groups attached to an aromatic ring is 1. The molecule has 0 saturated carbocycles. The number of aromatic carboxylic acids is 1. The van der Waals surface area contributed by atoms with E-state index in [0.29, 0.717) is 10.2 Å². The monoisotopic (exact) mass is 377 g/mol. The van der Waals surface area contributed by atoms with Crippen LogP contribution < -0.4 is 11.5 Å². The number of carbonyl (C=O) groups excluding carboxylic acids is 1. The van der Waals surface area contributed by atoms with Gasteiger partial charge in [0.1, 0.15) is 5.69 Å². The topological polar surface area (TPSA) is 140 Å². The number of H-pyrrole nitrogens is 1. The predicted octanol–water partition coefficient (Wildman–Crippen LogP) is 1.14. The smallest absolute Gasteiger partial charge is 0.352 e. The molecule has 0 bridgehead atoms. The molecule has 114 valence electrons. The number of nitrogens with one attached hydrogen (secondary N) is 1. The van der Waals surface area contributed by atoms with Gasteiger partial charge in [-0.3, -0.25) is 4.79 Å². The number of amides is 1. The van der Waals surface area contributed by atoms with Crippen molar-refractivity contribution in [2.75, 3.05) is 5.73 Å². The zero-order valence-electron chi connectivity index (χ0n) is 10.6. The minimum atomic E-state index is -1.12. The summed E-state index contributed by atoms with van der Waals surface area (Å²) in [6.45, 7) is 0. The molecule has 0 saturated heterocycles. The van der Waals surface area contributed by atoms with Crippen LogP contribution in [0.1, 0.15) is 28.6 Å². The summed E-state index contributed by atoms with van der Waals surface area (Å²) >= 11 is 3.21. The average molecular weight is 379 g/mol. The second-order valence-corrected chi connectivity index (χ2v) is 5.07. The predicted molar refractivity (Wildman–Crippen MR) is 81.3 cm³/mol. The van der Waals surface area contributed by atoms with Crippen molar-refractivity contribution < 1.29 is 14.7 Å². The van der Waals surface area contributed by atoms with E-state index in [1.807, 2.05) is 0 Å². The van der Waals surface area contributed by atoms with Crippen LogP contribution in [-0.2, 0) is 4.79 Å². The number of carboxylic acids is 1. The molecule has 2 heterocycles. The van der Waals surface area contributed by atoms with E-state index in [0.717, 1.165) is 0 Å². The average Bonchev–Trinajstić information content (AvgIpc) is 2.92. The Morgan fingerprint density at radius 3 is 2.67 bits per heavy atom. The molecule has 1 atom stereocenters. The number of primary amides is 1. The van der Waals surface area contributed by atoms with Gasteiger partial charge in [0.05, 0.1) is 18.2 Å². The third-order valence-electron chi connectivity index (χ3n) is 2.72. The minimum Gasteiger partial charge on any atom is -0.477 e. The molecule has 2 aromatic rings. The Hall–Kier alpha value is -2.00. The first-order chi connectivity index (χ1) is 9.38. The van der Waals surface area contributed by atoms with Crippen molar-refractivity contribution in [3.63, 3.8) is 0 Å². The summed E-state index contributed by atoms with van der Waals surface area (Å²) in [6.07, 6.45) is 2.98. The van der Waals surface area contributed by atoms with Crippen molar-refractivity contribution in [2.45, 2.75) is 12.5 Å². The van der Waals surface area contributed by atoms with Gasteiger partial charge in [-0.05, 0) is 22.0 Å². The van der Waals surface area contributed by atoms with Crippen molar-refractivity contribution in [3.05, 3.63) is 34.3 Å². The summed E-state index contributed by atoms with van der Waals surface area (Å²) in [4.78, 5) is 29.2. The molecule has 2 rings (SSSR count). The Balaban J connectivity index is 0.00000220. The number of carboxylic acid groups (broad SMARTS) is 1. The summed E-state index contributed by atoms with van der Waals surface area (Å²) in [7, 11) is 0. The first-order valence-electron chi connectivity index (χ1n) is 5.58. The molecule has 21 heavy (non-hydrogen) atoms. The number of anilines is 1. The molecule has 1 amide bonds. The number of nitrogens with two attached hydrogens (primary N) is 2. The highest BCUT2D eigenvalue weighted by atomic mass is 79.9. The zero-order chi connectivity index (χ0) is 14.9. The number of rotatable bonds is 5. The highest BCUT2D eigenvalue weighted by molar-refractivity contribution is 9.10. The highest BCUT2D eigenvalue weighted by Crippen LogP contribution is 2.26. The number of aromatic nitrogens is 3. The number of nitrogens with zero attached hydrogens (tertiary/aromatic N) is 2. The highest BCUT2D eigenvalue weighted by Gasteiger charge is 2.24. The summed E-state index contributed by atoms with van der Waals surface area (Å²) in [5.74, 6) is -1.51. The number of aromatic amines is 1. The van der Waals surface area contributed by atoms with Gasteiger partial charge < -0.3 is 26.1 Å². The van der Waals surface area contributed by atoms with E-state index in [-0.39, 0.29) is 30.5 Å². The fourth-order valence-electron chi connectivity index (χ4n) is 1.93. The third-order valence-corrected chi connectivity index (χ3v) is 3.16. The number of carbonyl (C=O) groups is 2. The van der Waals surface area contributed by atoms with Crippen LogP contribution in [0, 0.1) is 0 Å². The normalized spacial score (nSPS) is 11.7. The lowest BCUT2D eigenvalue weighted by Crippen LogP contribution is -2.22. The molecule has 8 nitrogen and oxygen atoms in total. The molecular formula is C11H13BrClN5O3. The lowest BCUT2D eigenvalue weighted by Gasteiger charge is -2.17. The summed E-state index contributed by atoms with van der Waals surface area (Å²) < 4.78 is 2.00. The Kier molecular flexibility index (Phi) is 5.39. The van der Waals surface area contributed by atoms with Crippen LogP contribution in [0.25, 0.3) is 0 Å². The van der Waals surface area contributed by atoms with E-state index in [1.165, 1.54) is 16.8 Å². The molecule has 0 aromatic carbocycles. The molecule has 0 aliphatic heterocycles. The van der Waals surface area contributed by atoms with Crippen LogP contribution in [0.5, 0.6) is 0 Å². The van der Waals surface area contributed by atoms with E-state index in [9.17, 15) is 14.7 Å². The Morgan fingerprint density at radius 1 is 1.52 bits per heavy atom. The van der Waals surface area contributed by atoms with Gasteiger partial charge in [0.25, 0.3) is 0 Å². The van der Waals surface area contributed by atoms with Gasteiger partial charge in [0, 0.05) is 16.9 Å². The molecule has 0 radical (unpaired) electrons. The van der Waals surface area contributed by atoms with Crippen LogP contribution in [-0.4, -0.2) is 31.5 Å². The van der Waals surface area contributed by atoms with E-state index >= 15 is 0 Å². The van der Waals surface area contributed by atoms with Crippen molar-refractivity contribution in [3.8, 4) is 0 Å². The maximum Gasteiger partial charge on any atom is 0.352 e. The van der Waals surface area contributed by atoms with E-state index < -0.39 is 17.9 Å². The van der Waals surface area contributed by atoms with Crippen molar-refractivity contribution >= 4 is 46.2 Å². The summed E-state index contributed by atoms with van der Waals surface area (Å²) in [6, 6.07) is 0.797. The minimum absolute atomic E-state index is 0. The van der Waals surface area contributed by atoms with E-state index in [4.69, 9.17) is 11.5 Å². The van der Waals surface area contributed by atoms with Crippen LogP contribution in [0.2, 0.25) is 0 Å². The maximum atomic E-state index is 11.3. The van der Waals surface area contributed by atoms with Crippen molar-refractivity contribution in [1.82, 2.24) is 14.5 Å². The van der Waals surface area contributed by atoms with Gasteiger partial charge in [0.2, 0.25) is 5.91 Å². The second-order valence-electron chi connectivity index (χ2n) is 4.15. The van der Waals surface area contributed by atoms with Crippen molar-refractivity contribution in [1.29, 1.82) is 0 Å². The van der Waals surface area contributed by atoms with E-state index in [1.54, 1.807) is 6.20 Å². The van der Waals surface area contributed by atoms with Crippen LogP contribution in [0.4, 0.5) is 5.95 Å². The zero-order valence-corrected chi connectivity index (χ0v) is 13.0. The molecule has 0 aliphatic rings. The molecule has 2 aromatic heterocycles. The first kappa shape index (κ1) is 17.1. The van der Waals surface area contributed by atoms with Crippen LogP contribution in [0.15, 0.2) is 22.9 Å². The number of hydrogen-bond acceptors (Lipinski definition) is 4. The maximum absolute atomic E-state index is 11.3. The van der Waals surface area contributed by atoms with Gasteiger partial charge in [-0.25, -0.2) is 9.78 Å². The molecule has 0 fully saturated rings. The Labute approximate surface area is 134 Å². The molecule has 0 aliphatic carbocycles. The quantitative estimate of drug-likeness (QED) is 0.617. The molecule has 1 unspecified atom stereocenters. The number of halogens is 2. The van der Waals surface area contributed by atoms with Gasteiger partial charge in [0.15, 0.2) is 5.95 Å². The fraction of sp³-hybridized carbons (Fsp3) is 0.182. The van der Waals surface area contributed by atoms with Gasteiger partial charge in [-0.2, -0.15) is 0 Å². The van der Waals surface area contributed by atoms with Gasteiger partial charge in [-0.1, -0.05) is 0 Å². The van der Waals surface area contributed by atoms with Crippen LogP contribution >= 0.6 is 28.3 Å². The second kappa shape index (κ2) is 6.64. The fourth-order valence-corrected chi connectivity index (χ4v) is 2.37. The first-order valence-corrected chi connectivity index (χ1v) is 6.37. The Morgan fingerprint density at radius 2 is 2.19 bits per heavy atom. The molecular weight excluding hydrogens is 366 g/mol. The summed E-state index contributed by atoms with van der Waals surface area (Å²) in [5.41, 5.74) is 11.2.